The Morgan fingerprint density at radius 2 is 1.67 bits per heavy atom. The first-order chi connectivity index (χ1) is 29.5. The number of aliphatic hydroxyl groups is 1. The number of H-pyrrole nitrogens is 1. The van der Waals surface area contributed by atoms with Crippen LogP contribution in [0.15, 0.2) is 108 Å². The molecule has 0 spiro atoms. The fraction of sp³-hybridized carbons (Fsp3) is 0.375. The molecule has 13 heteroatoms. The van der Waals surface area contributed by atoms with Crippen LogP contribution in [0.3, 0.4) is 0 Å². The number of ether oxygens (including phenoxy) is 1. The molecule has 1 aromatic heterocycles. The van der Waals surface area contributed by atoms with Crippen LogP contribution in [0, 0.1) is 0 Å². The molecule has 1 aliphatic rings. The molecule has 2 atom stereocenters. The molecule has 5 aromatic rings. The van der Waals surface area contributed by atoms with Crippen molar-refractivity contribution in [2.45, 2.75) is 70.1 Å². The Balaban J connectivity index is 0.817. The van der Waals surface area contributed by atoms with Crippen molar-refractivity contribution in [1.82, 2.24) is 25.4 Å². The molecular formula is C48H58N6O7. The van der Waals surface area contributed by atoms with Gasteiger partial charge in [0.15, 0.2) is 0 Å². The first-order valence-electron chi connectivity index (χ1n) is 21.2. The summed E-state index contributed by atoms with van der Waals surface area (Å²) < 4.78 is 5.77. The number of aromatic hydroxyl groups is 1. The average Bonchev–Trinajstić information content (AvgIpc) is 3.25. The Bertz CT molecular complexity index is 2290. The number of carbonyl (C=O) groups is 3. The number of rotatable bonds is 19. The third kappa shape index (κ3) is 13.2. The number of amides is 3. The van der Waals surface area contributed by atoms with Crippen molar-refractivity contribution < 1.29 is 29.3 Å². The lowest BCUT2D eigenvalue weighted by atomic mass is 10.0. The van der Waals surface area contributed by atoms with E-state index in [-0.39, 0.29) is 48.2 Å². The second-order valence-electron chi connectivity index (χ2n) is 15.9. The predicted octanol–water partition coefficient (Wildman–Crippen LogP) is 6.16. The van der Waals surface area contributed by atoms with E-state index in [0.29, 0.717) is 54.5 Å². The number of likely N-dealkylation sites (tertiary alicyclic amines) is 1. The zero-order chi connectivity index (χ0) is 43.1. The summed E-state index contributed by atoms with van der Waals surface area (Å²) in [6.07, 6.45) is 2.82. The SMILES string of the molecule is C[C@@H](Cc1cccc(CC(=O)NCCCN(C)C(=O)CCCN2CCC(OC(=O)Nc3ccccc3-c3ccccc3)CC2)c1)NC[C@H](O)c1ccc(O)c2[nH]c(=O)ccc12. The number of piperidine rings is 1. The van der Waals surface area contributed by atoms with Crippen molar-refractivity contribution in [2.75, 3.05) is 51.6 Å². The van der Waals surface area contributed by atoms with Gasteiger partial charge < -0.3 is 40.4 Å². The van der Waals surface area contributed by atoms with Crippen LogP contribution in [0.5, 0.6) is 5.75 Å². The van der Waals surface area contributed by atoms with Gasteiger partial charge in [0, 0.05) is 69.3 Å². The van der Waals surface area contributed by atoms with Crippen molar-refractivity contribution in [2.24, 2.45) is 0 Å². The third-order valence-corrected chi connectivity index (χ3v) is 11.2. The molecule has 1 fully saturated rings. The van der Waals surface area contributed by atoms with Crippen LogP contribution in [-0.4, -0.2) is 101 Å². The van der Waals surface area contributed by atoms with Crippen LogP contribution in [0.4, 0.5) is 10.5 Å². The molecule has 1 saturated heterocycles. The number of aromatic nitrogens is 1. The molecule has 1 aliphatic heterocycles. The number of hydrogen-bond donors (Lipinski definition) is 6. The van der Waals surface area contributed by atoms with Crippen molar-refractivity contribution in [1.29, 1.82) is 0 Å². The molecule has 6 rings (SSSR count). The summed E-state index contributed by atoms with van der Waals surface area (Å²) in [7, 11) is 1.80. The predicted molar refractivity (Wildman–Crippen MR) is 238 cm³/mol. The minimum atomic E-state index is -0.856. The molecule has 6 N–H and O–H groups in total. The number of nitrogens with zero attached hydrogens (tertiary/aromatic N) is 2. The third-order valence-electron chi connectivity index (χ3n) is 11.2. The van der Waals surface area contributed by atoms with Gasteiger partial charge in [-0.05, 0) is 86.0 Å². The molecule has 322 valence electrons. The van der Waals surface area contributed by atoms with E-state index in [9.17, 15) is 29.4 Å². The first-order valence-corrected chi connectivity index (χ1v) is 21.2. The molecule has 0 saturated carbocycles. The Labute approximate surface area is 357 Å². The van der Waals surface area contributed by atoms with Crippen molar-refractivity contribution in [3.8, 4) is 16.9 Å². The molecule has 0 unspecified atom stereocenters. The summed E-state index contributed by atoms with van der Waals surface area (Å²) >= 11 is 0. The highest BCUT2D eigenvalue weighted by molar-refractivity contribution is 5.91. The normalized spacial score (nSPS) is 14.3. The maximum absolute atomic E-state index is 12.8. The Morgan fingerprint density at radius 1 is 0.918 bits per heavy atom. The molecule has 2 heterocycles. The largest absolute Gasteiger partial charge is 0.506 e. The summed E-state index contributed by atoms with van der Waals surface area (Å²) in [5.74, 6) is -0.0474. The number of carbonyl (C=O) groups excluding carboxylic acids is 3. The highest BCUT2D eigenvalue weighted by Gasteiger charge is 2.23. The van der Waals surface area contributed by atoms with Crippen LogP contribution in [0.1, 0.15) is 61.8 Å². The maximum atomic E-state index is 12.8. The Morgan fingerprint density at radius 3 is 2.48 bits per heavy atom. The minimum Gasteiger partial charge on any atom is -0.506 e. The zero-order valence-corrected chi connectivity index (χ0v) is 35.1. The molecule has 0 bridgehead atoms. The number of phenols is 1. The van der Waals surface area contributed by atoms with E-state index >= 15 is 0 Å². The molecule has 0 aliphatic carbocycles. The van der Waals surface area contributed by atoms with Crippen LogP contribution >= 0.6 is 0 Å². The van der Waals surface area contributed by atoms with E-state index in [1.807, 2.05) is 85.8 Å². The second-order valence-corrected chi connectivity index (χ2v) is 15.9. The lowest BCUT2D eigenvalue weighted by Crippen LogP contribution is -2.39. The molecular weight excluding hydrogens is 773 g/mol. The topological polar surface area (TPSA) is 176 Å². The van der Waals surface area contributed by atoms with E-state index < -0.39 is 12.2 Å². The van der Waals surface area contributed by atoms with Crippen LogP contribution in [-0.2, 0) is 27.2 Å². The summed E-state index contributed by atoms with van der Waals surface area (Å²) in [6.45, 7) is 5.75. The molecule has 0 radical (unpaired) electrons. The number of fused-ring (bicyclic) bond motifs is 1. The molecule has 3 amide bonds. The summed E-state index contributed by atoms with van der Waals surface area (Å²) in [5, 5.41) is 30.9. The van der Waals surface area contributed by atoms with E-state index in [2.05, 4.69) is 25.8 Å². The number of hydrogen-bond acceptors (Lipinski definition) is 9. The fourth-order valence-electron chi connectivity index (χ4n) is 7.83. The number of phenolic OH excluding ortho intramolecular Hbond substituents is 1. The standard InChI is InChI=1S/C48H58N6O7/c1-33(50-32-43(56)39-18-20-42(55)47-40(39)19-21-44(57)52-47)29-34-11-8-12-35(30-34)31-45(58)49-24-10-25-53(2)46(59)17-9-26-54-27-22-37(23-28-54)61-48(60)51-41-16-7-6-15-38(41)36-13-4-3-5-14-36/h3-8,11-16,18-21,30,33,37,43,50,55-56H,9-10,17,22-29,31-32H2,1-2H3,(H,49,58)(H,51,60)(H,52,57)/t33-,43-/m0/s1. The van der Waals surface area contributed by atoms with Crippen LogP contribution in [0.2, 0.25) is 0 Å². The lowest BCUT2D eigenvalue weighted by molar-refractivity contribution is -0.130. The average molecular weight is 831 g/mol. The second kappa shape index (κ2) is 22.0. The van der Waals surface area contributed by atoms with Gasteiger partial charge in [0.1, 0.15) is 11.9 Å². The zero-order valence-electron chi connectivity index (χ0n) is 35.1. The maximum Gasteiger partial charge on any atom is 0.411 e. The van der Waals surface area contributed by atoms with Gasteiger partial charge >= 0.3 is 6.09 Å². The van der Waals surface area contributed by atoms with Crippen molar-refractivity contribution in [3.63, 3.8) is 0 Å². The Kier molecular flexibility index (Phi) is 16.1. The number of nitrogens with one attached hydrogen (secondary N) is 4. The Hall–Kier alpha value is -6.02. The van der Waals surface area contributed by atoms with Gasteiger partial charge in [-0.2, -0.15) is 0 Å². The molecule has 61 heavy (non-hydrogen) atoms. The van der Waals surface area contributed by atoms with Crippen molar-refractivity contribution >= 4 is 34.5 Å². The van der Waals surface area contributed by atoms with Crippen LogP contribution in [0.25, 0.3) is 22.0 Å². The van der Waals surface area contributed by atoms with E-state index in [1.165, 1.54) is 12.1 Å². The highest BCUT2D eigenvalue weighted by Crippen LogP contribution is 2.29. The lowest BCUT2D eigenvalue weighted by Gasteiger charge is -2.31. The fourth-order valence-corrected chi connectivity index (χ4v) is 7.83. The molecule has 13 nitrogen and oxygen atoms in total. The number of para-hydroxylation sites is 1. The van der Waals surface area contributed by atoms with Crippen LogP contribution < -0.4 is 21.5 Å². The number of benzene rings is 4. The summed E-state index contributed by atoms with van der Waals surface area (Å²) in [5.41, 5.74) is 5.21. The van der Waals surface area contributed by atoms with E-state index in [4.69, 9.17) is 4.74 Å². The first kappa shape index (κ1) is 44.5. The van der Waals surface area contributed by atoms with Gasteiger partial charge in [-0.3, -0.25) is 19.7 Å². The van der Waals surface area contributed by atoms with Gasteiger partial charge in [0.05, 0.1) is 23.7 Å². The number of anilines is 1. The smallest absolute Gasteiger partial charge is 0.411 e. The van der Waals surface area contributed by atoms with Gasteiger partial charge in [0.25, 0.3) is 0 Å². The highest BCUT2D eigenvalue weighted by atomic mass is 16.6. The number of aromatic amines is 1. The van der Waals surface area contributed by atoms with Gasteiger partial charge in [-0.1, -0.05) is 78.9 Å². The van der Waals surface area contributed by atoms with E-state index in [1.54, 1.807) is 24.1 Å². The minimum absolute atomic E-state index is 0.0242. The number of pyridine rings is 1. The monoisotopic (exact) mass is 830 g/mol. The number of aliphatic hydroxyl groups excluding tert-OH is 1. The summed E-state index contributed by atoms with van der Waals surface area (Å²) in [4.78, 5) is 56.8. The van der Waals surface area contributed by atoms with E-state index in [0.717, 1.165) is 61.2 Å². The summed E-state index contributed by atoms with van der Waals surface area (Å²) in [6, 6.07) is 31.6. The van der Waals surface area contributed by atoms with Crippen molar-refractivity contribution in [3.05, 3.63) is 130 Å². The quantitative estimate of drug-likeness (QED) is 0.0533. The van der Waals surface area contributed by atoms with Gasteiger partial charge in [-0.15, -0.1) is 0 Å². The van der Waals surface area contributed by atoms with Gasteiger partial charge in [0.2, 0.25) is 17.4 Å². The molecule has 4 aromatic carbocycles. The van der Waals surface area contributed by atoms with Gasteiger partial charge in [-0.25, -0.2) is 4.79 Å².